The van der Waals surface area contributed by atoms with E-state index in [0.29, 0.717) is 5.41 Å². The molecule has 2 rings (SSSR count). The number of aryl methyl sites for hydroxylation is 1. The van der Waals surface area contributed by atoms with Gasteiger partial charge >= 0.3 is 0 Å². The lowest BCUT2D eigenvalue weighted by Gasteiger charge is -2.29. The first-order valence-corrected chi connectivity index (χ1v) is 6.92. The van der Waals surface area contributed by atoms with E-state index in [2.05, 4.69) is 30.8 Å². The van der Waals surface area contributed by atoms with E-state index in [1.165, 1.54) is 19.3 Å². The molecule has 4 heteroatoms. The summed E-state index contributed by atoms with van der Waals surface area (Å²) in [5.41, 5.74) is 7.22. The lowest BCUT2D eigenvalue weighted by molar-refractivity contribution is 0.220. The average Bonchev–Trinajstić information content (AvgIpc) is 2.51. The highest BCUT2D eigenvalue weighted by Gasteiger charge is 2.28. The standard InChI is InChI=1S/C14H26N4/c1-14(2,3)11-6-5-8-18(9-7-11)13-12(15)10-17(4)16-13/h10-11H,5-9,15H2,1-4H3. The second-order valence-electron chi connectivity index (χ2n) is 6.56. The van der Waals surface area contributed by atoms with Gasteiger partial charge in [-0.25, -0.2) is 0 Å². The van der Waals surface area contributed by atoms with Crippen LogP contribution in [-0.2, 0) is 7.05 Å². The summed E-state index contributed by atoms with van der Waals surface area (Å²) in [7, 11) is 1.93. The van der Waals surface area contributed by atoms with E-state index in [0.717, 1.165) is 30.5 Å². The predicted octanol–water partition coefficient (Wildman–Crippen LogP) is 2.65. The molecule has 1 saturated heterocycles. The Bertz CT molecular complexity index is 402. The van der Waals surface area contributed by atoms with Gasteiger partial charge in [-0.3, -0.25) is 4.68 Å². The number of hydrogen-bond acceptors (Lipinski definition) is 3. The molecule has 2 N–H and O–H groups in total. The number of nitrogen functional groups attached to an aromatic ring is 1. The summed E-state index contributed by atoms with van der Waals surface area (Å²) >= 11 is 0. The van der Waals surface area contributed by atoms with Crippen LogP contribution in [0.3, 0.4) is 0 Å². The molecule has 0 amide bonds. The van der Waals surface area contributed by atoms with Crippen LogP contribution in [0.25, 0.3) is 0 Å². The van der Waals surface area contributed by atoms with Crippen molar-refractivity contribution < 1.29 is 0 Å². The molecule has 1 fully saturated rings. The fourth-order valence-electron chi connectivity index (χ4n) is 2.92. The summed E-state index contributed by atoms with van der Waals surface area (Å²) in [6.45, 7) is 9.20. The van der Waals surface area contributed by atoms with Crippen molar-refractivity contribution in [2.45, 2.75) is 40.0 Å². The number of aromatic nitrogens is 2. The molecule has 1 aliphatic heterocycles. The topological polar surface area (TPSA) is 47.1 Å². The van der Waals surface area contributed by atoms with Crippen LogP contribution in [0.5, 0.6) is 0 Å². The first-order chi connectivity index (χ1) is 8.38. The molecule has 102 valence electrons. The third-order valence-electron chi connectivity index (χ3n) is 4.09. The lowest BCUT2D eigenvalue weighted by atomic mass is 9.77. The van der Waals surface area contributed by atoms with Crippen molar-refractivity contribution in [2.75, 3.05) is 23.7 Å². The van der Waals surface area contributed by atoms with Crippen LogP contribution in [0.1, 0.15) is 40.0 Å². The molecule has 1 aromatic rings. The fourth-order valence-corrected chi connectivity index (χ4v) is 2.92. The molecule has 2 heterocycles. The van der Waals surface area contributed by atoms with Crippen molar-refractivity contribution in [3.8, 4) is 0 Å². The molecule has 0 aliphatic carbocycles. The Morgan fingerprint density at radius 1 is 1.28 bits per heavy atom. The van der Waals surface area contributed by atoms with Crippen LogP contribution in [0, 0.1) is 11.3 Å². The fraction of sp³-hybridized carbons (Fsp3) is 0.786. The quantitative estimate of drug-likeness (QED) is 0.833. The van der Waals surface area contributed by atoms with Gasteiger partial charge in [0.15, 0.2) is 5.82 Å². The van der Waals surface area contributed by atoms with Gasteiger partial charge in [0.2, 0.25) is 0 Å². The van der Waals surface area contributed by atoms with Crippen molar-refractivity contribution in [3.05, 3.63) is 6.20 Å². The Hall–Kier alpha value is -1.19. The smallest absolute Gasteiger partial charge is 0.173 e. The van der Waals surface area contributed by atoms with Gasteiger partial charge in [-0.05, 0) is 30.6 Å². The summed E-state index contributed by atoms with van der Waals surface area (Å²) in [6, 6.07) is 0. The summed E-state index contributed by atoms with van der Waals surface area (Å²) in [4.78, 5) is 2.35. The molecule has 1 unspecified atom stereocenters. The number of nitrogens with two attached hydrogens (primary N) is 1. The van der Waals surface area contributed by atoms with E-state index in [9.17, 15) is 0 Å². The van der Waals surface area contributed by atoms with Gasteiger partial charge < -0.3 is 10.6 Å². The average molecular weight is 250 g/mol. The molecule has 0 aromatic carbocycles. The van der Waals surface area contributed by atoms with E-state index in [4.69, 9.17) is 5.73 Å². The Morgan fingerprint density at radius 2 is 2.00 bits per heavy atom. The number of rotatable bonds is 1. The Kier molecular flexibility index (Phi) is 3.55. The van der Waals surface area contributed by atoms with E-state index >= 15 is 0 Å². The van der Waals surface area contributed by atoms with E-state index < -0.39 is 0 Å². The van der Waals surface area contributed by atoms with Gasteiger partial charge in [0, 0.05) is 26.3 Å². The zero-order chi connectivity index (χ0) is 13.3. The van der Waals surface area contributed by atoms with Crippen LogP contribution in [0.4, 0.5) is 11.5 Å². The number of nitrogens with zero attached hydrogens (tertiary/aromatic N) is 3. The van der Waals surface area contributed by atoms with Crippen molar-refractivity contribution in [2.24, 2.45) is 18.4 Å². The maximum atomic E-state index is 6.02. The first-order valence-electron chi connectivity index (χ1n) is 6.92. The molecule has 1 aromatic heterocycles. The highest BCUT2D eigenvalue weighted by molar-refractivity contribution is 5.61. The predicted molar refractivity (Wildman–Crippen MR) is 76.6 cm³/mol. The van der Waals surface area contributed by atoms with Crippen LogP contribution in [0.2, 0.25) is 0 Å². The Morgan fingerprint density at radius 3 is 2.56 bits per heavy atom. The largest absolute Gasteiger partial charge is 0.394 e. The first kappa shape index (κ1) is 13.2. The lowest BCUT2D eigenvalue weighted by Crippen LogP contribution is -2.27. The Labute approximate surface area is 110 Å². The highest BCUT2D eigenvalue weighted by atomic mass is 15.3. The highest BCUT2D eigenvalue weighted by Crippen LogP contribution is 2.35. The van der Waals surface area contributed by atoms with Crippen molar-refractivity contribution in [3.63, 3.8) is 0 Å². The second-order valence-corrected chi connectivity index (χ2v) is 6.56. The summed E-state index contributed by atoms with van der Waals surface area (Å²) in [6.07, 6.45) is 5.67. The molecule has 0 saturated carbocycles. The molecule has 0 bridgehead atoms. The second kappa shape index (κ2) is 4.82. The van der Waals surface area contributed by atoms with Gasteiger partial charge in [0.1, 0.15) is 0 Å². The molecule has 4 nitrogen and oxygen atoms in total. The van der Waals surface area contributed by atoms with Gasteiger partial charge in [-0.15, -0.1) is 0 Å². The zero-order valence-corrected chi connectivity index (χ0v) is 12.1. The maximum absolute atomic E-state index is 6.02. The van der Waals surface area contributed by atoms with Gasteiger partial charge in [0.25, 0.3) is 0 Å². The molecule has 1 aliphatic rings. The minimum absolute atomic E-state index is 0.408. The molecular formula is C14H26N4. The SMILES string of the molecule is Cn1cc(N)c(N2CCCC(C(C)(C)C)CC2)n1. The summed E-state index contributed by atoms with van der Waals surface area (Å²) in [5, 5.41) is 4.48. The van der Waals surface area contributed by atoms with E-state index in [1.54, 1.807) is 4.68 Å². The van der Waals surface area contributed by atoms with Crippen molar-refractivity contribution in [1.29, 1.82) is 0 Å². The van der Waals surface area contributed by atoms with Crippen molar-refractivity contribution in [1.82, 2.24) is 9.78 Å². The van der Waals surface area contributed by atoms with Crippen molar-refractivity contribution >= 4 is 11.5 Å². The number of hydrogen-bond donors (Lipinski definition) is 1. The number of anilines is 2. The Balaban J connectivity index is 2.08. The van der Waals surface area contributed by atoms with Gasteiger partial charge in [0.05, 0.1) is 5.69 Å². The minimum atomic E-state index is 0.408. The molecule has 0 radical (unpaired) electrons. The van der Waals surface area contributed by atoms with Crippen LogP contribution < -0.4 is 10.6 Å². The summed E-state index contributed by atoms with van der Waals surface area (Å²) < 4.78 is 1.80. The molecule has 18 heavy (non-hydrogen) atoms. The molecule has 1 atom stereocenters. The van der Waals surface area contributed by atoms with Gasteiger partial charge in [-0.1, -0.05) is 20.8 Å². The normalized spacial score (nSPS) is 22.0. The van der Waals surface area contributed by atoms with E-state index in [1.807, 2.05) is 13.2 Å². The third kappa shape index (κ3) is 2.79. The third-order valence-corrected chi connectivity index (χ3v) is 4.09. The van der Waals surface area contributed by atoms with Crippen LogP contribution >= 0.6 is 0 Å². The molecular weight excluding hydrogens is 224 g/mol. The van der Waals surface area contributed by atoms with E-state index in [-0.39, 0.29) is 0 Å². The van der Waals surface area contributed by atoms with Crippen LogP contribution in [-0.4, -0.2) is 22.9 Å². The van der Waals surface area contributed by atoms with Gasteiger partial charge in [-0.2, -0.15) is 5.10 Å². The van der Waals surface area contributed by atoms with Crippen LogP contribution in [0.15, 0.2) is 6.20 Å². The monoisotopic (exact) mass is 250 g/mol. The summed E-state index contributed by atoms with van der Waals surface area (Å²) in [5.74, 6) is 1.76. The zero-order valence-electron chi connectivity index (χ0n) is 12.1. The maximum Gasteiger partial charge on any atom is 0.173 e. The minimum Gasteiger partial charge on any atom is -0.394 e. The molecule has 0 spiro atoms.